The van der Waals surface area contributed by atoms with Crippen LogP contribution in [-0.4, -0.2) is 19.6 Å². The highest BCUT2D eigenvalue weighted by molar-refractivity contribution is 5.85. The molecule has 25 heavy (non-hydrogen) atoms. The molecule has 0 N–H and O–H groups in total. The molecule has 0 aliphatic heterocycles. The highest BCUT2D eigenvalue weighted by Gasteiger charge is 2.12. The molecule has 0 aromatic carbocycles. The van der Waals surface area contributed by atoms with E-state index < -0.39 is 0 Å². The first kappa shape index (κ1) is 15.2. The minimum Gasteiger partial charge on any atom is -0.264 e. The van der Waals surface area contributed by atoms with Crippen LogP contribution in [0.15, 0.2) is 67.9 Å². The summed E-state index contributed by atoms with van der Waals surface area (Å²) >= 11 is 0. The van der Waals surface area contributed by atoms with E-state index in [4.69, 9.17) is 0 Å². The van der Waals surface area contributed by atoms with Crippen LogP contribution in [0.1, 0.15) is 16.8 Å². The lowest BCUT2D eigenvalue weighted by Crippen LogP contribution is -1.96. The van der Waals surface area contributed by atoms with Crippen molar-refractivity contribution in [2.75, 3.05) is 0 Å². The van der Waals surface area contributed by atoms with E-state index in [0.29, 0.717) is 5.56 Å². The molecule has 0 aliphatic carbocycles. The van der Waals surface area contributed by atoms with Gasteiger partial charge < -0.3 is 0 Å². The monoisotopic (exact) mass is 330 g/mol. The van der Waals surface area contributed by atoms with Crippen molar-refractivity contribution in [2.24, 2.45) is 0 Å². The van der Waals surface area contributed by atoms with Crippen molar-refractivity contribution >= 4 is 11.1 Å². The highest BCUT2D eigenvalue weighted by atomic mass is 19.1. The van der Waals surface area contributed by atoms with Crippen LogP contribution in [0.3, 0.4) is 0 Å². The average Bonchev–Trinajstić information content (AvgIpc) is 3.07. The minimum atomic E-state index is -0.372. The zero-order valence-electron chi connectivity index (χ0n) is 13.6. The molecule has 4 aromatic heterocycles. The van der Waals surface area contributed by atoms with Gasteiger partial charge in [-0.3, -0.25) is 9.97 Å². The summed E-state index contributed by atoms with van der Waals surface area (Å²) in [4.78, 5) is 8.25. The van der Waals surface area contributed by atoms with Crippen molar-refractivity contribution in [3.63, 3.8) is 0 Å². The number of hydrogen-bond acceptors (Lipinski definition) is 3. The molecule has 0 fully saturated rings. The summed E-state index contributed by atoms with van der Waals surface area (Å²) in [6, 6.07) is 9.27. The van der Waals surface area contributed by atoms with Gasteiger partial charge in [0.1, 0.15) is 5.82 Å². The zero-order chi connectivity index (χ0) is 17.4. The van der Waals surface area contributed by atoms with Gasteiger partial charge in [-0.25, -0.2) is 8.91 Å². The normalized spacial score (nSPS) is 11.0. The van der Waals surface area contributed by atoms with E-state index in [0.717, 1.165) is 33.5 Å². The molecule has 0 bridgehead atoms. The number of nitrogens with zero attached hydrogens (tertiary/aromatic N) is 4. The Morgan fingerprint density at radius 1 is 1.16 bits per heavy atom. The maximum atomic E-state index is 13.6. The van der Waals surface area contributed by atoms with Crippen molar-refractivity contribution < 1.29 is 4.39 Å². The fraction of sp³-hybridized carbons (Fsp3) is 0.0500. The van der Waals surface area contributed by atoms with E-state index >= 15 is 0 Å². The lowest BCUT2D eigenvalue weighted by atomic mass is 9.98. The molecule has 0 saturated heterocycles. The van der Waals surface area contributed by atoms with Crippen LogP contribution in [-0.2, 0) is 0 Å². The Hall–Kier alpha value is -3.34. The van der Waals surface area contributed by atoms with E-state index in [1.807, 2.05) is 43.6 Å². The lowest BCUT2D eigenvalue weighted by Gasteiger charge is -2.10. The molecule has 122 valence electrons. The van der Waals surface area contributed by atoms with Gasteiger partial charge in [-0.1, -0.05) is 12.6 Å². The second kappa shape index (κ2) is 5.94. The summed E-state index contributed by atoms with van der Waals surface area (Å²) in [6.07, 6.45) is 8.44. The van der Waals surface area contributed by atoms with E-state index in [-0.39, 0.29) is 5.82 Å². The Kier molecular flexibility index (Phi) is 3.61. The van der Waals surface area contributed by atoms with Gasteiger partial charge >= 0.3 is 0 Å². The first-order chi connectivity index (χ1) is 12.1. The van der Waals surface area contributed by atoms with Gasteiger partial charge in [-0.15, -0.1) is 0 Å². The van der Waals surface area contributed by atoms with E-state index in [1.54, 1.807) is 16.9 Å². The quantitative estimate of drug-likeness (QED) is 0.562. The van der Waals surface area contributed by atoms with Crippen LogP contribution in [0.4, 0.5) is 4.39 Å². The van der Waals surface area contributed by atoms with Gasteiger partial charge in [-0.2, -0.15) is 5.10 Å². The van der Waals surface area contributed by atoms with Crippen LogP contribution in [0.5, 0.6) is 0 Å². The third-order valence-electron chi connectivity index (χ3n) is 4.22. The summed E-state index contributed by atoms with van der Waals surface area (Å²) in [6.45, 7) is 5.99. The Labute approximate surface area is 144 Å². The molecule has 5 heteroatoms. The van der Waals surface area contributed by atoms with Crippen molar-refractivity contribution in [3.8, 4) is 11.1 Å². The molecular formula is C20H15FN4. The van der Waals surface area contributed by atoms with Crippen LogP contribution >= 0.6 is 0 Å². The molecule has 4 aromatic rings. The Morgan fingerprint density at radius 3 is 2.84 bits per heavy atom. The number of hydrogen-bond donors (Lipinski definition) is 0. The van der Waals surface area contributed by atoms with Gasteiger partial charge in [-0.05, 0) is 42.3 Å². The third kappa shape index (κ3) is 2.70. The zero-order valence-corrected chi connectivity index (χ0v) is 13.6. The number of halogens is 1. The Balaban J connectivity index is 1.84. The van der Waals surface area contributed by atoms with Crippen LogP contribution in [0.2, 0.25) is 0 Å². The molecule has 4 nitrogen and oxygen atoms in total. The maximum Gasteiger partial charge on any atom is 0.142 e. The van der Waals surface area contributed by atoms with Crippen LogP contribution < -0.4 is 0 Å². The Morgan fingerprint density at radius 2 is 2.04 bits per heavy atom. The predicted molar refractivity (Wildman–Crippen MR) is 95.5 cm³/mol. The molecule has 0 atom stereocenters. The first-order valence-electron chi connectivity index (χ1n) is 7.83. The molecule has 0 unspecified atom stereocenters. The molecule has 4 rings (SSSR count). The second-order valence-corrected chi connectivity index (χ2v) is 5.81. The van der Waals surface area contributed by atoms with E-state index in [1.165, 1.54) is 12.3 Å². The van der Waals surface area contributed by atoms with E-state index in [2.05, 4.69) is 21.6 Å². The molecule has 0 aliphatic rings. The third-order valence-corrected chi connectivity index (χ3v) is 4.22. The average molecular weight is 330 g/mol. The van der Waals surface area contributed by atoms with Crippen molar-refractivity contribution in [1.82, 2.24) is 19.6 Å². The van der Waals surface area contributed by atoms with Crippen LogP contribution in [0, 0.1) is 12.7 Å². The molecule has 0 radical (unpaired) electrons. The smallest absolute Gasteiger partial charge is 0.142 e. The van der Waals surface area contributed by atoms with E-state index in [9.17, 15) is 4.39 Å². The number of rotatable bonds is 3. The van der Waals surface area contributed by atoms with Crippen molar-refractivity contribution in [1.29, 1.82) is 0 Å². The molecule has 0 amide bonds. The number of aromatic nitrogens is 4. The fourth-order valence-corrected chi connectivity index (χ4v) is 2.88. The summed E-state index contributed by atoms with van der Waals surface area (Å²) in [5.74, 6) is -0.372. The molecule has 0 spiro atoms. The summed E-state index contributed by atoms with van der Waals surface area (Å²) < 4.78 is 15.4. The summed E-state index contributed by atoms with van der Waals surface area (Å²) in [7, 11) is 0. The first-order valence-corrected chi connectivity index (χ1v) is 7.83. The highest BCUT2D eigenvalue weighted by Crippen LogP contribution is 2.29. The van der Waals surface area contributed by atoms with Crippen molar-refractivity contribution in [2.45, 2.75) is 6.92 Å². The largest absolute Gasteiger partial charge is 0.264 e. The van der Waals surface area contributed by atoms with Gasteiger partial charge in [0.05, 0.1) is 17.9 Å². The van der Waals surface area contributed by atoms with Gasteiger partial charge in [0.25, 0.3) is 0 Å². The molecule has 4 heterocycles. The molecular weight excluding hydrogens is 315 g/mol. The SMILES string of the molecule is C=C(c1ccn2ncc(-c3cccnc3)c2c1)c1cc(F)cnc1C. The summed E-state index contributed by atoms with van der Waals surface area (Å²) in [5.41, 5.74) is 5.98. The number of aryl methyl sites for hydroxylation is 1. The number of fused-ring (bicyclic) bond motifs is 1. The fourth-order valence-electron chi connectivity index (χ4n) is 2.88. The molecule has 0 saturated carbocycles. The summed E-state index contributed by atoms with van der Waals surface area (Å²) in [5, 5.41) is 4.39. The van der Waals surface area contributed by atoms with Gasteiger partial charge in [0.2, 0.25) is 0 Å². The minimum absolute atomic E-state index is 0.372. The predicted octanol–water partition coefficient (Wildman–Crippen LogP) is 4.30. The van der Waals surface area contributed by atoms with Gasteiger partial charge in [0.15, 0.2) is 0 Å². The van der Waals surface area contributed by atoms with Gasteiger partial charge in [0, 0.05) is 41.0 Å². The lowest BCUT2D eigenvalue weighted by molar-refractivity contribution is 0.619. The Bertz CT molecular complexity index is 1080. The number of pyridine rings is 3. The maximum absolute atomic E-state index is 13.6. The van der Waals surface area contributed by atoms with Crippen LogP contribution in [0.25, 0.3) is 22.2 Å². The topological polar surface area (TPSA) is 43.1 Å². The van der Waals surface area contributed by atoms with Crippen molar-refractivity contribution in [3.05, 3.63) is 90.5 Å². The standard InChI is InChI=1S/C20H15FN4/c1-13(18-9-17(21)11-23-14(18)2)15-5-7-25-20(8-15)19(12-24-25)16-4-3-6-22-10-16/h3-12H,1H2,2H3. The second-order valence-electron chi connectivity index (χ2n) is 5.81.